The summed E-state index contributed by atoms with van der Waals surface area (Å²) in [5, 5.41) is 4.46. The van der Waals surface area contributed by atoms with Crippen molar-refractivity contribution in [2.75, 3.05) is 12.3 Å². The first-order valence-corrected chi connectivity index (χ1v) is 9.38. The number of fused-ring (bicyclic) bond motifs is 1. The fourth-order valence-corrected chi connectivity index (χ4v) is 3.26. The van der Waals surface area contributed by atoms with Crippen molar-refractivity contribution in [3.05, 3.63) is 33.6 Å². The van der Waals surface area contributed by atoms with E-state index in [2.05, 4.69) is 10.3 Å². The summed E-state index contributed by atoms with van der Waals surface area (Å²) in [5.74, 6) is 0.470. The topological polar surface area (TPSA) is 64.0 Å². The van der Waals surface area contributed by atoms with Gasteiger partial charge >= 0.3 is 0 Å². The third kappa shape index (κ3) is 4.74. The number of halogens is 1. The van der Waals surface area contributed by atoms with E-state index in [9.17, 15) is 9.59 Å². The number of carbonyl (C=O) groups excluding carboxylic acids is 1. The zero-order valence-electron chi connectivity index (χ0n) is 14.1. The number of nitrogens with one attached hydrogen (secondary N) is 1. The molecular formula is C17H22ClN3O2S. The number of benzene rings is 1. The average Bonchev–Trinajstić information content (AvgIpc) is 2.53. The van der Waals surface area contributed by atoms with Crippen molar-refractivity contribution >= 4 is 40.2 Å². The largest absolute Gasteiger partial charge is 0.355 e. The molecule has 0 bridgehead atoms. The van der Waals surface area contributed by atoms with Crippen LogP contribution < -0.4 is 10.9 Å². The molecule has 0 spiro atoms. The van der Waals surface area contributed by atoms with Gasteiger partial charge < -0.3 is 5.32 Å². The number of hydrogen-bond donors (Lipinski definition) is 1. The predicted octanol–water partition coefficient (Wildman–Crippen LogP) is 3.32. The Labute approximate surface area is 150 Å². The van der Waals surface area contributed by atoms with Gasteiger partial charge in [0.1, 0.15) is 0 Å². The van der Waals surface area contributed by atoms with E-state index in [-0.39, 0.29) is 17.2 Å². The molecule has 0 atom stereocenters. The van der Waals surface area contributed by atoms with Crippen LogP contribution in [0.4, 0.5) is 0 Å². The summed E-state index contributed by atoms with van der Waals surface area (Å²) in [6.45, 7) is 7.30. The second-order valence-electron chi connectivity index (χ2n) is 6.00. The predicted molar refractivity (Wildman–Crippen MR) is 99.9 cm³/mol. The number of carbonyl (C=O) groups is 1. The van der Waals surface area contributed by atoms with Crippen molar-refractivity contribution in [2.24, 2.45) is 5.92 Å². The van der Waals surface area contributed by atoms with Crippen molar-refractivity contribution in [1.82, 2.24) is 14.9 Å². The molecule has 0 aliphatic carbocycles. The van der Waals surface area contributed by atoms with E-state index in [4.69, 9.17) is 11.6 Å². The summed E-state index contributed by atoms with van der Waals surface area (Å²) in [5.41, 5.74) is 0.464. The minimum absolute atomic E-state index is 0.0570. The first kappa shape index (κ1) is 18.8. The molecule has 0 fully saturated rings. The van der Waals surface area contributed by atoms with Gasteiger partial charge in [0.15, 0.2) is 5.16 Å². The van der Waals surface area contributed by atoms with E-state index in [1.165, 1.54) is 11.8 Å². The summed E-state index contributed by atoms with van der Waals surface area (Å²) >= 11 is 7.29. The van der Waals surface area contributed by atoms with Crippen LogP contribution in [-0.4, -0.2) is 27.8 Å². The quantitative estimate of drug-likeness (QED) is 0.602. The lowest BCUT2D eigenvalue weighted by Gasteiger charge is -2.15. The van der Waals surface area contributed by atoms with Crippen LogP contribution in [0.3, 0.4) is 0 Å². The third-order valence-electron chi connectivity index (χ3n) is 3.33. The molecule has 130 valence electrons. The average molecular weight is 368 g/mol. The molecule has 0 unspecified atom stereocenters. The van der Waals surface area contributed by atoms with Gasteiger partial charge in [-0.3, -0.25) is 14.2 Å². The normalized spacial score (nSPS) is 11.2. The first-order chi connectivity index (χ1) is 11.4. The van der Waals surface area contributed by atoms with Gasteiger partial charge in [-0.25, -0.2) is 4.98 Å². The van der Waals surface area contributed by atoms with Gasteiger partial charge in [-0.05, 0) is 30.5 Å². The van der Waals surface area contributed by atoms with E-state index in [1.54, 1.807) is 22.8 Å². The van der Waals surface area contributed by atoms with Crippen molar-refractivity contribution in [1.29, 1.82) is 0 Å². The molecule has 0 saturated heterocycles. The van der Waals surface area contributed by atoms with Crippen molar-refractivity contribution in [2.45, 2.75) is 38.9 Å². The number of hydrogen-bond acceptors (Lipinski definition) is 4. The summed E-state index contributed by atoms with van der Waals surface area (Å²) in [7, 11) is 0. The van der Waals surface area contributed by atoms with E-state index >= 15 is 0 Å². The fraction of sp³-hybridized carbons (Fsp3) is 0.471. The van der Waals surface area contributed by atoms with Crippen LogP contribution in [-0.2, 0) is 11.3 Å². The molecule has 2 aromatic rings. The van der Waals surface area contributed by atoms with Crippen LogP contribution in [0.25, 0.3) is 10.9 Å². The number of rotatable bonds is 7. The van der Waals surface area contributed by atoms with Crippen LogP contribution >= 0.6 is 23.4 Å². The number of amides is 1. The Morgan fingerprint density at radius 1 is 1.42 bits per heavy atom. The number of aromatic nitrogens is 2. The van der Waals surface area contributed by atoms with Crippen molar-refractivity contribution in [3.63, 3.8) is 0 Å². The lowest BCUT2D eigenvalue weighted by Crippen LogP contribution is -2.28. The fourth-order valence-electron chi connectivity index (χ4n) is 2.26. The van der Waals surface area contributed by atoms with Gasteiger partial charge in [0, 0.05) is 18.1 Å². The smallest absolute Gasteiger partial charge is 0.262 e. The van der Waals surface area contributed by atoms with Gasteiger partial charge in [-0.2, -0.15) is 0 Å². The minimum Gasteiger partial charge on any atom is -0.355 e. The van der Waals surface area contributed by atoms with E-state index in [0.29, 0.717) is 40.1 Å². The summed E-state index contributed by atoms with van der Waals surface area (Å²) in [4.78, 5) is 29.2. The Kier molecular flexibility index (Phi) is 6.69. The maximum absolute atomic E-state index is 12.8. The first-order valence-electron chi connectivity index (χ1n) is 8.02. The molecule has 0 saturated carbocycles. The number of nitrogens with zero attached hydrogens (tertiary/aromatic N) is 2. The lowest BCUT2D eigenvalue weighted by atomic mass is 10.2. The minimum atomic E-state index is -0.0955. The zero-order chi connectivity index (χ0) is 17.7. The van der Waals surface area contributed by atoms with Crippen LogP contribution in [0, 0.1) is 5.92 Å². The Bertz CT molecular complexity index is 789. The van der Waals surface area contributed by atoms with Gasteiger partial charge in [-0.15, -0.1) is 0 Å². The molecule has 2 rings (SSSR count). The number of thioether (sulfide) groups is 1. The van der Waals surface area contributed by atoms with E-state index in [0.717, 1.165) is 6.42 Å². The lowest BCUT2D eigenvalue weighted by molar-refractivity contribution is -0.118. The summed E-state index contributed by atoms with van der Waals surface area (Å²) in [6.07, 6.45) is 0.890. The molecule has 5 nitrogen and oxygen atoms in total. The molecule has 0 aliphatic rings. The second-order valence-corrected chi connectivity index (χ2v) is 7.38. The third-order valence-corrected chi connectivity index (χ3v) is 4.55. The molecule has 1 N–H and O–H groups in total. The molecule has 1 aromatic carbocycles. The molecule has 1 amide bonds. The van der Waals surface area contributed by atoms with E-state index in [1.807, 2.05) is 20.8 Å². The van der Waals surface area contributed by atoms with E-state index < -0.39 is 0 Å². The maximum Gasteiger partial charge on any atom is 0.262 e. The van der Waals surface area contributed by atoms with Gasteiger partial charge in [0.05, 0.1) is 16.7 Å². The van der Waals surface area contributed by atoms with Crippen LogP contribution in [0.1, 0.15) is 27.2 Å². The standard InChI is InChI=1S/C17H22ClN3O2S/c1-4-7-19-15(22)10-24-17-20-14-8-12(18)5-6-13(14)16(23)21(17)9-11(2)3/h5-6,8,11H,4,7,9-10H2,1-3H3,(H,19,22). The van der Waals surface area contributed by atoms with Crippen LogP contribution in [0.5, 0.6) is 0 Å². The van der Waals surface area contributed by atoms with Crippen molar-refractivity contribution in [3.8, 4) is 0 Å². The molecular weight excluding hydrogens is 346 g/mol. The Hall–Kier alpha value is -1.53. The molecule has 0 aliphatic heterocycles. The second kappa shape index (κ2) is 8.53. The Balaban J connectivity index is 2.38. The van der Waals surface area contributed by atoms with Gasteiger partial charge in [0.2, 0.25) is 5.91 Å². The summed E-state index contributed by atoms with van der Waals surface area (Å²) < 4.78 is 1.65. The van der Waals surface area contributed by atoms with Gasteiger partial charge in [-0.1, -0.05) is 44.1 Å². The highest BCUT2D eigenvalue weighted by Crippen LogP contribution is 2.21. The highest BCUT2D eigenvalue weighted by Gasteiger charge is 2.14. The van der Waals surface area contributed by atoms with Crippen LogP contribution in [0.15, 0.2) is 28.2 Å². The van der Waals surface area contributed by atoms with Crippen LogP contribution in [0.2, 0.25) is 5.02 Å². The highest BCUT2D eigenvalue weighted by atomic mass is 35.5. The zero-order valence-corrected chi connectivity index (χ0v) is 15.7. The monoisotopic (exact) mass is 367 g/mol. The van der Waals surface area contributed by atoms with Crippen molar-refractivity contribution < 1.29 is 4.79 Å². The molecule has 24 heavy (non-hydrogen) atoms. The molecule has 7 heteroatoms. The summed E-state index contributed by atoms with van der Waals surface area (Å²) in [6, 6.07) is 5.07. The Morgan fingerprint density at radius 3 is 2.83 bits per heavy atom. The molecule has 0 radical (unpaired) electrons. The highest BCUT2D eigenvalue weighted by molar-refractivity contribution is 7.99. The molecule has 1 heterocycles. The van der Waals surface area contributed by atoms with Gasteiger partial charge in [0.25, 0.3) is 5.56 Å². The molecule has 1 aromatic heterocycles. The SMILES string of the molecule is CCCNC(=O)CSc1nc2cc(Cl)ccc2c(=O)n1CC(C)C. The maximum atomic E-state index is 12.8. The Morgan fingerprint density at radius 2 is 2.17 bits per heavy atom.